The fourth-order valence-corrected chi connectivity index (χ4v) is 3.27. The van der Waals surface area contributed by atoms with Gasteiger partial charge < -0.3 is 9.56 Å². The summed E-state index contributed by atoms with van der Waals surface area (Å²) >= 11 is 0. The van der Waals surface area contributed by atoms with E-state index in [2.05, 4.69) is 72.6 Å². The first-order valence-corrected chi connectivity index (χ1v) is 8.06. The van der Waals surface area contributed by atoms with Gasteiger partial charge in [-0.2, -0.15) is 0 Å². The lowest BCUT2D eigenvalue weighted by Crippen LogP contribution is -3.04. The van der Waals surface area contributed by atoms with Crippen molar-refractivity contribution in [3.8, 4) is 0 Å². The summed E-state index contributed by atoms with van der Waals surface area (Å²) in [7, 11) is 0. The lowest BCUT2D eigenvalue weighted by molar-refractivity contribution is -0.341. The van der Waals surface area contributed by atoms with Crippen LogP contribution in [0.25, 0.3) is 0 Å². The average Bonchev–Trinajstić information content (AvgIpc) is 2.56. The molecule has 0 bridgehead atoms. The van der Waals surface area contributed by atoms with Gasteiger partial charge in [0, 0.05) is 13.3 Å². The quantitative estimate of drug-likeness (QED) is 0.805. The molecule has 4 heteroatoms. The molecule has 1 atom stereocenters. The number of nitrogens with one attached hydrogen (secondary N) is 2. The number of benzene rings is 2. The van der Waals surface area contributed by atoms with E-state index in [4.69, 9.17) is 4.65 Å². The standard InChI is InChI=1S/C18H23BN2O/c1-3-10-18-20-15(2)21-19(22-18,16-11-6-4-7-12-16)17-13-8-5-9-14-17/h4-9,11-14,18,20-21H,3,10H2,1-2H3. The van der Waals surface area contributed by atoms with Crippen LogP contribution in [0.3, 0.4) is 0 Å². The van der Waals surface area contributed by atoms with Crippen LogP contribution in [0.2, 0.25) is 0 Å². The topological polar surface area (TPSA) is 35.2 Å². The van der Waals surface area contributed by atoms with E-state index in [0.717, 1.165) is 18.7 Å². The van der Waals surface area contributed by atoms with Crippen molar-refractivity contribution in [3.63, 3.8) is 0 Å². The van der Waals surface area contributed by atoms with Crippen LogP contribution in [0.5, 0.6) is 0 Å². The predicted molar refractivity (Wildman–Crippen MR) is 92.5 cm³/mol. The highest BCUT2D eigenvalue weighted by Crippen LogP contribution is 2.09. The Morgan fingerprint density at radius 2 is 1.55 bits per heavy atom. The zero-order chi connectivity index (χ0) is 15.4. The van der Waals surface area contributed by atoms with Gasteiger partial charge in [-0.25, -0.2) is 0 Å². The molecule has 0 saturated heterocycles. The molecule has 2 aromatic carbocycles. The number of rotatable bonds is 4. The van der Waals surface area contributed by atoms with Crippen molar-refractivity contribution in [1.82, 2.24) is 5.32 Å². The third-order valence-corrected chi connectivity index (χ3v) is 4.25. The minimum atomic E-state index is -1.45. The maximum Gasteiger partial charge on any atom is 0.367 e. The minimum Gasteiger partial charge on any atom is -0.510 e. The highest BCUT2D eigenvalue weighted by atomic mass is 16.5. The van der Waals surface area contributed by atoms with Gasteiger partial charge in [-0.1, -0.05) is 67.6 Å². The van der Waals surface area contributed by atoms with Crippen molar-refractivity contribution in [2.45, 2.75) is 32.9 Å². The van der Waals surface area contributed by atoms with Crippen molar-refractivity contribution < 1.29 is 9.56 Å². The van der Waals surface area contributed by atoms with Crippen LogP contribution in [-0.2, 0) is 4.65 Å². The van der Waals surface area contributed by atoms with Crippen LogP contribution in [0.15, 0.2) is 60.7 Å². The van der Waals surface area contributed by atoms with E-state index in [-0.39, 0.29) is 6.23 Å². The van der Waals surface area contributed by atoms with Gasteiger partial charge in [0.2, 0.25) is 0 Å². The van der Waals surface area contributed by atoms with Crippen molar-refractivity contribution in [2.75, 3.05) is 0 Å². The second kappa shape index (κ2) is 6.36. The van der Waals surface area contributed by atoms with Crippen LogP contribution in [0.4, 0.5) is 0 Å². The molecule has 0 fully saturated rings. The van der Waals surface area contributed by atoms with Gasteiger partial charge in [-0.3, -0.25) is 5.32 Å². The Balaban J connectivity index is 2.14. The molecule has 3 rings (SSSR count). The van der Waals surface area contributed by atoms with Crippen molar-refractivity contribution in [2.24, 2.45) is 0 Å². The zero-order valence-electron chi connectivity index (χ0n) is 13.3. The van der Waals surface area contributed by atoms with Crippen LogP contribution < -0.4 is 21.1 Å². The third kappa shape index (κ3) is 2.79. The Kier molecular flexibility index (Phi) is 4.30. The molecule has 1 aliphatic heterocycles. The predicted octanol–water partition coefficient (Wildman–Crippen LogP) is 0.488. The molecule has 3 nitrogen and oxygen atoms in total. The van der Waals surface area contributed by atoms with E-state index >= 15 is 0 Å². The molecule has 2 aromatic rings. The Hall–Kier alpha value is -2.07. The van der Waals surface area contributed by atoms with Crippen LogP contribution in [0, 0.1) is 0 Å². The van der Waals surface area contributed by atoms with Gasteiger partial charge in [0.05, 0.1) is 0 Å². The summed E-state index contributed by atoms with van der Waals surface area (Å²) in [4.78, 5) is 3.60. The second-order valence-electron chi connectivity index (χ2n) is 5.94. The number of hydrogen-bond acceptors (Lipinski definition) is 2. The summed E-state index contributed by atoms with van der Waals surface area (Å²) in [5.41, 5.74) is 2.35. The Labute approximate surface area is 132 Å². The molecular weight excluding hydrogens is 271 g/mol. The molecule has 0 aromatic heterocycles. The fraction of sp³-hybridized carbons (Fsp3) is 0.278. The first-order chi connectivity index (χ1) is 10.7. The monoisotopic (exact) mass is 294 g/mol. The van der Waals surface area contributed by atoms with E-state index in [1.807, 2.05) is 12.1 Å². The van der Waals surface area contributed by atoms with Gasteiger partial charge in [0.15, 0.2) is 12.1 Å². The smallest absolute Gasteiger partial charge is 0.367 e. The Bertz CT molecular complexity index is 603. The van der Waals surface area contributed by atoms with Crippen LogP contribution in [-0.4, -0.2) is 18.5 Å². The third-order valence-electron chi connectivity index (χ3n) is 4.25. The highest BCUT2D eigenvalue weighted by Gasteiger charge is 2.40. The van der Waals surface area contributed by atoms with E-state index in [1.54, 1.807) is 0 Å². The van der Waals surface area contributed by atoms with Gasteiger partial charge in [0.25, 0.3) is 0 Å². The van der Waals surface area contributed by atoms with E-state index in [0.29, 0.717) is 0 Å². The Morgan fingerprint density at radius 3 is 2.05 bits per heavy atom. The molecule has 0 spiro atoms. The summed E-state index contributed by atoms with van der Waals surface area (Å²) < 4.78 is 6.58. The average molecular weight is 294 g/mol. The molecule has 1 unspecified atom stereocenters. The fourth-order valence-electron chi connectivity index (χ4n) is 3.27. The summed E-state index contributed by atoms with van der Waals surface area (Å²) in [6.45, 7) is 2.81. The second-order valence-corrected chi connectivity index (χ2v) is 5.94. The number of amidine groups is 1. The van der Waals surface area contributed by atoms with E-state index in [1.165, 1.54) is 10.9 Å². The molecule has 114 valence electrons. The molecule has 0 saturated carbocycles. The molecule has 1 aliphatic rings. The largest absolute Gasteiger partial charge is 0.510 e. The van der Waals surface area contributed by atoms with Gasteiger partial charge >= 0.3 is 6.48 Å². The SMILES string of the molecule is CCCC1NC(C)=[NH+][B-](c2ccccc2)(c2ccccc2)O1. The van der Waals surface area contributed by atoms with Gasteiger partial charge in [-0.05, 0) is 6.42 Å². The van der Waals surface area contributed by atoms with Crippen molar-refractivity contribution >= 4 is 23.2 Å². The van der Waals surface area contributed by atoms with E-state index in [9.17, 15) is 0 Å². The molecule has 0 amide bonds. The minimum absolute atomic E-state index is 0.0339. The summed E-state index contributed by atoms with van der Waals surface area (Å²) in [6.07, 6.45) is 2.11. The van der Waals surface area contributed by atoms with Crippen molar-refractivity contribution in [3.05, 3.63) is 60.7 Å². The first kappa shape index (κ1) is 14.9. The molecule has 0 radical (unpaired) electrons. The summed E-state index contributed by atoms with van der Waals surface area (Å²) in [5, 5.41) is 3.41. The molecular formula is C18H23BN2O. The number of hydrogen-bond donors (Lipinski definition) is 2. The molecule has 0 aliphatic carbocycles. The van der Waals surface area contributed by atoms with Crippen LogP contribution in [0.1, 0.15) is 26.7 Å². The van der Waals surface area contributed by atoms with E-state index < -0.39 is 6.48 Å². The maximum absolute atomic E-state index is 6.58. The summed E-state index contributed by atoms with van der Waals surface area (Å²) in [5.74, 6) is 1.07. The summed E-state index contributed by atoms with van der Waals surface area (Å²) in [6, 6.07) is 20.9. The molecule has 1 heterocycles. The Morgan fingerprint density at radius 1 is 1.00 bits per heavy atom. The lowest BCUT2D eigenvalue weighted by Gasteiger charge is -2.42. The first-order valence-electron chi connectivity index (χ1n) is 8.06. The van der Waals surface area contributed by atoms with Crippen LogP contribution >= 0.6 is 0 Å². The highest BCUT2D eigenvalue weighted by molar-refractivity contribution is 6.90. The lowest BCUT2D eigenvalue weighted by atomic mass is 9.42. The molecule has 2 N–H and O–H groups in total. The maximum atomic E-state index is 6.58. The van der Waals surface area contributed by atoms with Gasteiger partial charge in [0.1, 0.15) is 0 Å². The van der Waals surface area contributed by atoms with Crippen molar-refractivity contribution in [1.29, 1.82) is 0 Å². The zero-order valence-corrected chi connectivity index (χ0v) is 13.3. The van der Waals surface area contributed by atoms with Gasteiger partial charge in [-0.15, -0.1) is 10.9 Å². The molecule has 22 heavy (non-hydrogen) atoms. The normalized spacial score (nSPS) is 20.1.